The van der Waals surface area contributed by atoms with Crippen LogP contribution in [0.5, 0.6) is 0 Å². The molecule has 40 heavy (non-hydrogen) atoms. The number of esters is 1. The van der Waals surface area contributed by atoms with E-state index < -0.39 is 11.6 Å². The predicted molar refractivity (Wildman–Crippen MR) is 158 cm³/mol. The zero-order valence-electron chi connectivity index (χ0n) is 22.7. The second kappa shape index (κ2) is 12.6. The Bertz CT molecular complexity index is 1450. The van der Waals surface area contributed by atoms with Gasteiger partial charge in [-0.2, -0.15) is 0 Å². The highest BCUT2D eigenvalue weighted by Crippen LogP contribution is 2.38. The fourth-order valence-corrected chi connectivity index (χ4v) is 7.05. The van der Waals surface area contributed by atoms with Crippen molar-refractivity contribution in [1.29, 1.82) is 0 Å². The van der Waals surface area contributed by atoms with Crippen molar-refractivity contribution in [3.05, 3.63) is 85.4 Å². The number of thiophene rings is 2. The highest BCUT2D eigenvalue weighted by atomic mass is 32.1. The molecule has 0 unspecified atom stereocenters. The molecule has 1 aromatic carbocycles. The lowest BCUT2D eigenvalue weighted by Gasteiger charge is -2.35. The van der Waals surface area contributed by atoms with Crippen molar-refractivity contribution in [2.45, 2.75) is 56.4 Å². The van der Waals surface area contributed by atoms with E-state index in [1.165, 1.54) is 22.7 Å². The van der Waals surface area contributed by atoms with Gasteiger partial charge in [0, 0.05) is 12.6 Å². The maximum absolute atomic E-state index is 13.3. The van der Waals surface area contributed by atoms with Gasteiger partial charge in [0.15, 0.2) is 5.58 Å². The van der Waals surface area contributed by atoms with E-state index in [2.05, 4.69) is 11.9 Å². The summed E-state index contributed by atoms with van der Waals surface area (Å²) in [5, 5.41) is 15.2. The Balaban J connectivity index is 1.12. The minimum atomic E-state index is -1.77. The minimum absolute atomic E-state index is 0.219. The average Bonchev–Trinajstić information content (AvgIpc) is 3.74. The fourth-order valence-electron chi connectivity index (χ4n) is 5.34. The van der Waals surface area contributed by atoms with E-state index in [0.29, 0.717) is 27.9 Å². The Morgan fingerprint density at radius 2 is 1.85 bits per heavy atom. The average molecular weight is 583 g/mol. The van der Waals surface area contributed by atoms with Crippen LogP contribution in [0.15, 0.2) is 68.7 Å². The van der Waals surface area contributed by atoms with Crippen LogP contribution >= 0.6 is 22.7 Å². The fraction of sp³-hybridized carbons (Fsp3) is 0.400. The summed E-state index contributed by atoms with van der Waals surface area (Å²) in [6.45, 7) is 1.40. The second-order valence-electron chi connectivity index (χ2n) is 10.1. The smallest absolute Gasteiger partial charge is 0.419 e. The quantitative estimate of drug-likeness (QED) is 0.186. The molecule has 0 aliphatic heterocycles. The van der Waals surface area contributed by atoms with E-state index in [9.17, 15) is 14.7 Å². The molecule has 1 aliphatic rings. The van der Waals surface area contributed by atoms with Gasteiger partial charge in [0.25, 0.3) is 0 Å². The van der Waals surface area contributed by atoms with Crippen LogP contribution in [0.4, 0.5) is 0 Å². The van der Waals surface area contributed by atoms with Gasteiger partial charge in [0.1, 0.15) is 6.10 Å². The molecule has 8 nitrogen and oxygen atoms in total. The molecule has 212 valence electrons. The molecule has 4 aromatic rings. The number of hydrogen-bond acceptors (Lipinski definition) is 9. The lowest BCUT2D eigenvalue weighted by molar-refractivity contribution is -0.169. The molecule has 0 amide bonds. The summed E-state index contributed by atoms with van der Waals surface area (Å²) in [6, 6.07) is 13.2. The third kappa shape index (κ3) is 5.95. The molecule has 0 radical (unpaired) electrons. The third-order valence-corrected chi connectivity index (χ3v) is 9.53. The Morgan fingerprint density at radius 1 is 1.15 bits per heavy atom. The third-order valence-electron chi connectivity index (χ3n) is 7.57. The Labute approximate surface area is 241 Å². The van der Waals surface area contributed by atoms with Crippen molar-refractivity contribution >= 4 is 45.8 Å². The van der Waals surface area contributed by atoms with Gasteiger partial charge in [-0.05, 0) is 92.4 Å². The second-order valence-corrected chi connectivity index (χ2v) is 12.0. The van der Waals surface area contributed by atoms with Crippen LogP contribution in [0, 0.1) is 0 Å². The summed E-state index contributed by atoms with van der Waals surface area (Å²) in [7, 11) is 3.69. The SMILES string of the molecule is COC=Cc1ccc2c(c1)oc(=O)n2CCCN(C)C1CCC(OC(=O)C(O)(c2cccs2)c2cccs2)CC1. The van der Waals surface area contributed by atoms with Gasteiger partial charge in [-0.1, -0.05) is 18.2 Å². The number of carbonyl (C=O) groups excluding carboxylic acids is 1. The molecule has 3 heterocycles. The van der Waals surface area contributed by atoms with Crippen LogP contribution in [0.1, 0.15) is 47.4 Å². The number of oxazole rings is 1. The van der Waals surface area contributed by atoms with Gasteiger partial charge >= 0.3 is 11.7 Å². The standard InChI is InChI=1S/C30H34N2O6S2/c1-31(15-5-16-32-24-13-8-21(14-17-36-2)20-25(24)38-29(32)34)22-9-11-23(12-10-22)37-28(33)30(35,26-6-3-18-39-26)27-7-4-19-40-27/h3-4,6-8,13-14,17-20,22-23,35H,5,9-12,15-16H2,1-2H3. The van der Waals surface area contributed by atoms with E-state index in [1.54, 1.807) is 30.1 Å². The molecule has 0 saturated heterocycles. The van der Waals surface area contributed by atoms with E-state index in [-0.39, 0.29) is 11.9 Å². The molecule has 0 bridgehead atoms. The minimum Gasteiger partial charge on any atom is -0.504 e. The van der Waals surface area contributed by atoms with Crippen molar-refractivity contribution < 1.29 is 23.8 Å². The maximum Gasteiger partial charge on any atom is 0.419 e. The number of methoxy groups -OCH3 is 1. The number of nitrogens with zero attached hydrogens (tertiary/aromatic N) is 2. The van der Waals surface area contributed by atoms with Crippen molar-refractivity contribution in [3.8, 4) is 0 Å². The van der Waals surface area contributed by atoms with E-state index in [4.69, 9.17) is 13.9 Å². The summed E-state index contributed by atoms with van der Waals surface area (Å²) in [5.74, 6) is -0.952. The first-order valence-electron chi connectivity index (χ1n) is 13.4. The molecule has 0 spiro atoms. The highest BCUT2D eigenvalue weighted by molar-refractivity contribution is 7.12. The number of aliphatic hydroxyl groups is 1. The van der Waals surface area contributed by atoms with Gasteiger partial charge in [-0.25, -0.2) is 9.59 Å². The maximum atomic E-state index is 13.3. The first kappa shape index (κ1) is 28.4. The molecule has 3 aromatic heterocycles. The Kier molecular flexibility index (Phi) is 8.90. The number of ether oxygens (including phenoxy) is 2. The van der Waals surface area contributed by atoms with Crippen molar-refractivity contribution in [2.75, 3.05) is 20.7 Å². The van der Waals surface area contributed by atoms with E-state index in [0.717, 1.165) is 49.7 Å². The lowest BCUT2D eigenvalue weighted by atomic mass is 9.91. The number of aromatic nitrogens is 1. The Morgan fingerprint density at radius 3 is 2.48 bits per heavy atom. The molecule has 1 N–H and O–H groups in total. The molecule has 5 rings (SSSR count). The molecule has 10 heteroatoms. The number of hydrogen-bond donors (Lipinski definition) is 1. The summed E-state index contributed by atoms with van der Waals surface area (Å²) in [6.07, 6.45) is 7.28. The highest BCUT2D eigenvalue weighted by Gasteiger charge is 2.45. The Hall–Kier alpha value is -3.18. The number of rotatable bonds is 11. The summed E-state index contributed by atoms with van der Waals surface area (Å²) < 4.78 is 18.0. The molecular weight excluding hydrogens is 548 g/mol. The largest absolute Gasteiger partial charge is 0.504 e. The van der Waals surface area contributed by atoms with Crippen molar-refractivity contribution in [2.24, 2.45) is 0 Å². The van der Waals surface area contributed by atoms with Gasteiger partial charge in [0.05, 0.1) is 28.6 Å². The summed E-state index contributed by atoms with van der Waals surface area (Å²) in [5.41, 5.74) is 0.483. The first-order valence-corrected chi connectivity index (χ1v) is 15.2. The predicted octanol–water partition coefficient (Wildman–Crippen LogP) is 5.45. The van der Waals surface area contributed by atoms with Gasteiger partial charge in [0.2, 0.25) is 5.60 Å². The normalized spacial score (nSPS) is 18.1. The van der Waals surface area contributed by atoms with Crippen LogP contribution in [0.3, 0.4) is 0 Å². The summed E-state index contributed by atoms with van der Waals surface area (Å²) >= 11 is 2.70. The van der Waals surface area contributed by atoms with Crippen LogP contribution in [0.2, 0.25) is 0 Å². The molecule has 1 aliphatic carbocycles. The number of aryl methyl sites for hydroxylation is 1. The van der Waals surface area contributed by atoms with Crippen LogP contribution in [-0.4, -0.2) is 53.4 Å². The topological polar surface area (TPSA) is 94.1 Å². The number of benzene rings is 1. The molecule has 1 fully saturated rings. The van der Waals surface area contributed by atoms with Crippen molar-refractivity contribution in [3.63, 3.8) is 0 Å². The molecule has 0 atom stereocenters. The lowest BCUT2D eigenvalue weighted by Crippen LogP contribution is -2.42. The first-order chi connectivity index (χ1) is 19.4. The van der Waals surface area contributed by atoms with Crippen LogP contribution in [0.25, 0.3) is 17.2 Å². The monoisotopic (exact) mass is 582 g/mol. The van der Waals surface area contributed by atoms with Crippen LogP contribution < -0.4 is 5.76 Å². The van der Waals surface area contributed by atoms with Gasteiger partial charge in [-0.15, -0.1) is 22.7 Å². The zero-order chi connectivity index (χ0) is 28.1. The number of carbonyl (C=O) groups is 1. The van der Waals surface area contributed by atoms with E-state index in [1.807, 2.05) is 47.2 Å². The summed E-state index contributed by atoms with van der Waals surface area (Å²) in [4.78, 5) is 29.2. The number of fused-ring (bicyclic) bond motifs is 1. The molecule has 1 saturated carbocycles. The van der Waals surface area contributed by atoms with Crippen molar-refractivity contribution in [1.82, 2.24) is 9.47 Å². The molecular formula is C30H34N2O6S2. The van der Waals surface area contributed by atoms with E-state index >= 15 is 0 Å². The zero-order valence-corrected chi connectivity index (χ0v) is 24.3. The van der Waals surface area contributed by atoms with Crippen LogP contribution in [-0.2, 0) is 26.4 Å². The van der Waals surface area contributed by atoms with Gasteiger partial charge in [-0.3, -0.25) is 4.57 Å². The van der Waals surface area contributed by atoms with Gasteiger partial charge < -0.3 is 23.9 Å².